The van der Waals surface area contributed by atoms with Gasteiger partial charge in [0.05, 0.1) is 19.8 Å². The second-order valence-electron chi connectivity index (χ2n) is 4.99. The van der Waals surface area contributed by atoms with E-state index in [1.165, 1.54) is 0 Å². The van der Waals surface area contributed by atoms with Gasteiger partial charge in [0, 0.05) is 6.42 Å². The molecule has 0 fully saturated rings. The van der Waals surface area contributed by atoms with Crippen molar-refractivity contribution in [1.29, 1.82) is 0 Å². The second kappa shape index (κ2) is 5.66. The van der Waals surface area contributed by atoms with Gasteiger partial charge in [-0.25, -0.2) is 0 Å². The third kappa shape index (κ3) is 2.43. The summed E-state index contributed by atoms with van der Waals surface area (Å²) in [5.74, 6) is 2.03. The van der Waals surface area contributed by atoms with Crippen molar-refractivity contribution in [3.05, 3.63) is 53.6 Å². The van der Waals surface area contributed by atoms with Crippen LogP contribution in [0.1, 0.15) is 17.2 Å². The normalized spacial score (nSPS) is 17.8. The van der Waals surface area contributed by atoms with Crippen molar-refractivity contribution in [2.24, 2.45) is 0 Å². The van der Waals surface area contributed by atoms with Crippen LogP contribution in [0.3, 0.4) is 0 Å². The van der Waals surface area contributed by atoms with Gasteiger partial charge in [-0.1, -0.05) is 24.3 Å². The third-order valence-corrected chi connectivity index (χ3v) is 3.79. The molecule has 1 heterocycles. The molecule has 2 aromatic carbocycles. The molecule has 21 heavy (non-hydrogen) atoms. The molecular formula is C17H18O4. The Morgan fingerprint density at radius 3 is 2.33 bits per heavy atom. The number of benzene rings is 2. The number of rotatable bonds is 4. The fourth-order valence-corrected chi connectivity index (χ4v) is 2.74. The quantitative estimate of drug-likeness (QED) is 0.939. The van der Waals surface area contributed by atoms with Crippen LogP contribution in [0.4, 0.5) is 0 Å². The predicted octanol–water partition coefficient (Wildman–Crippen LogP) is 2.74. The van der Waals surface area contributed by atoms with E-state index in [-0.39, 0.29) is 6.10 Å². The Balaban J connectivity index is 1.92. The molecule has 1 aliphatic rings. The highest BCUT2D eigenvalue weighted by Crippen LogP contribution is 2.40. The Kier molecular flexibility index (Phi) is 3.71. The number of hydrogen-bond donors (Lipinski definition) is 1. The van der Waals surface area contributed by atoms with Crippen molar-refractivity contribution in [3.8, 4) is 17.2 Å². The molecule has 0 amide bonds. The molecule has 4 heteroatoms. The molecule has 0 spiro atoms. The van der Waals surface area contributed by atoms with E-state index in [1.54, 1.807) is 14.2 Å². The summed E-state index contributed by atoms with van der Waals surface area (Å²) in [6.45, 7) is 0. The third-order valence-electron chi connectivity index (χ3n) is 3.79. The summed E-state index contributed by atoms with van der Waals surface area (Å²) in [5.41, 5.74) is 1.73. The lowest BCUT2D eigenvalue weighted by atomic mass is 9.98. The van der Waals surface area contributed by atoms with Crippen molar-refractivity contribution in [3.63, 3.8) is 0 Å². The summed E-state index contributed by atoms with van der Waals surface area (Å²) in [4.78, 5) is 0. The molecule has 3 rings (SSSR count). The van der Waals surface area contributed by atoms with Crippen LogP contribution in [-0.4, -0.2) is 25.4 Å². The van der Waals surface area contributed by atoms with Gasteiger partial charge in [-0.2, -0.15) is 0 Å². The van der Waals surface area contributed by atoms with Crippen LogP contribution < -0.4 is 14.2 Å². The maximum atomic E-state index is 10.7. The van der Waals surface area contributed by atoms with E-state index in [0.717, 1.165) is 11.3 Å². The van der Waals surface area contributed by atoms with E-state index < -0.39 is 6.10 Å². The summed E-state index contributed by atoms with van der Waals surface area (Å²) < 4.78 is 16.6. The van der Waals surface area contributed by atoms with Crippen LogP contribution in [-0.2, 0) is 6.42 Å². The molecule has 110 valence electrons. The number of aliphatic hydroxyl groups excluding tert-OH is 1. The minimum atomic E-state index is -0.816. The van der Waals surface area contributed by atoms with Crippen molar-refractivity contribution in [1.82, 2.24) is 0 Å². The molecule has 0 aromatic heterocycles. The van der Waals surface area contributed by atoms with Gasteiger partial charge in [0.2, 0.25) is 0 Å². The fraction of sp³-hybridized carbons (Fsp3) is 0.294. The van der Waals surface area contributed by atoms with Crippen LogP contribution in [0, 0.1) is 0 Å². The first kappa shape index (κ1) is 13.8. The molecular weight excluding hydrogens is 268 g/mol. The van der Waals surface area contributed by atoms with Gasteiger partial charge in [0.25, 0.3) is 0 Å². The Bertz CT molecular complexity index is 591. The molecule has 0 saturated carbocycles. The lowest BCUT2D eigenvalue weighted by Crippen LogP contribution is -2.24. The maximum absolute atomic E-state index is 10.7. The Morgan fingerprint density at radius 1 is 1.05 bits per heavy atom. The lowest BCUT2D eigenvalue weighted by molar-refractivity contribution is 0.0457. The molecule has 2 atom stereocenters. The summed E-state index contributed by atoms with van der Waals surface area (Å²) in [6.07, 6.45) is -0.491. The number of para-hydroxylation sites is 1. The van der Waals surface area contributed by atoms with Gasteiger partial charge in [0.1, 0.15) is 29.5 Å². The van der Waals surface area contributed by atoms with Crippen LogP contribution >= 0.6 is 0 Å². The average Bonchev–Trinajstić information content (AvgIpc) is 2.97. The van der Waals surface area contributed by atoms with E-state index in [2.05, 4.69) is 0 Å². The van der Waals surface area contributed by atoms with E-state index >= 15 is 0 Å². The molecule has 0 aliphatic carbocycles. The van der Waals surface area contributed by atoms with Crippen LogP contribution in [0.2, 0.25) is 0 Å². The van der Waals surface area contributed by atoms with Crippen molar-refractivity contribution >= 4 is 0 Å². The number of ether oxygens (including phenoxy) is 3. The molecule has 2 unspecified atom stereocenters. The smallest absolute Gasteiger partial charge is 0.133 e. The SMILES string of the molecule is COc1cccc(OC)c1C(O)C1Cc2ccccc2O1. The highest BCUT2D eigenvalue weighted by atomic mass is 16.5. The molecule has 1 aliphatic heterocycles. The van der Waals surface area contributed by atoms with E-state index in [9.17, 15) is 5.11 Å². The summed E-state index contributed by atoms with van der Waals surface area (Å²) >= 11 is 0. The van der Waals surface area contributed by atoms with Gasteiger partial charge in [-0.15, -0.1) is 0 Å². The predicted molar refractivity (Wildman–Crippen MR) is 79.1 cm³/mol. The van der Waals surface area contributed by atoms with Gasteiger partial charge in [0.15, 0.2) is 0 Å². The number of aliphatic hydroxyl groups is 1. The van der Waals surface area contributed by atoms with E-state index in [4.69, 9.17) is 14.2 Å². The first-order valence-electron chi connectivity index (χ1n) is 6.88. The highest BCUT2D eigenvalue weighted by Gasteiger charge is 2.33. The average molecular weight is 286 g/mol. The Morgan fingerprint density at radius 2 is 1.71 bits per heavy atom. The number of hydrogen-bond acceptors (Lipinski definition) is 4. The van der Waals surface area contributed by atoms with Crippen LogP contribution in [0.5, 0.6) is 17.2 Å². The van der Waals surface area contributed by atoms with Gasteiger partial charge >= 0.3 is 0 Å². The van der Waals surface area contributed by atoms with Gasteiger partial charge in [-0.3, -0.25) is 0 Å². The van der Waals surface area contributed by atoms with Gasteiger partial charge < -0.3 is 19.3 Å². The molecule has 0 radical (unpaired) electrons. The standard InChI is InChI=1S/C17H18O4/c1-19-13-8-5-9-14(20-2)16(13)17(18)15-10-11-6-3-4-7-12(11)21-15/h3-9,15,17-18H,10H2,1-2H3. The summed E-state index contributed by atoms with van der Waals surface area (Å²) in [5, 5.41) is 10.7. The van der Waals surface area contributed by atoms with Crippen molar-refractivity contribution in [2.45, 2.75) is 18.6 Å². The van der Waals surface area contributed by atoms with Crippen molar-refractivity contribution < 1.29 is 19.3 Å². The Labute approximate surface area is 123 Å². The maximum Gasteiger partial charge on any atom is 0.133 e. The fourth-order valence-electron chi connectivity index (χ4n) is 2.74. The second-order valence-corrected chi connectivity index (χ2v) is 4.99. The first-order chi connectivity index (χ1) is 10.2. The summed E-state index contributed by atoms with van der Waals surface area (Å²) in [6, 6.07) is 13.3. The molecule has 1 N–H and O–H groups in total. The molecule has 2 aromatic rings. The lowest BCUT2D eigenvalue weighted by Gasteiger charge is -2.22. The molecule has 0 bridgehead atoms. The number of fused-ring (bicyclic) bond motifs is 1. The highest BCUT2D eigenvalue weighted by molar-refractivity contribution is 5.48. The summed E-state index contributed by atoms with van der Waals surface area (Å²) in [7, 11) is 3.16. The van der Waals surface area contributed by atoms with E-state index in [0.29, 0.717) is 23.5 Å². The monoisotopic (exact) mass is 286 g/mol. The van der Waals surface area contributed by atoms with Gasteiger partial charge in [-0.05, 0) is 23.8 Å². The number of methoxy groups -OCH3 is 2. The minimum absolute atomic E-state index is 0.340. The van der Waals surface area contributed by atoms with Crippen LogP contribution in [0.15, 0.2) is 42.5 Å². The van der Waals surface area contributed by atoms with E-state index in [1.807, 2.05) is 42.5 Å². The zero-order valence-corrected chi connectivity index (χ0v) is 12.1. The van der Waals surface area contributed by atoms with Crippen LogP contribution in [0.25, 0.3) is 0 Å². The zero-order valence-electron chi connectivity index (χ0n) is 12.1. The topological polar surface area (TPSA) is 47.9 Å². The van der Waals surface area contributed by atoms with Crippen molar-refractivity contribution in [2.75, 3.05) is 14.2 Å². The largest absolute Gasteiger partial charge is 0.496 e. The molecule has 0 saturated heterocycles. The molecule has 4 nitrogen and oxygen atoms in total. The Hall–Kier alpha value is -2.20. The zero-order chi connectivity index (χ0) is 14.8. The first-order valence-corrected chi connectivity index (χ1v) is 6.88. The minimum Gasteiger partial charge on any atom is -0.496 e.